The second-order valence-corrected chi connectivity index (χ2v) is 7.72. The molecule has 0 unspecified atom stereocenters. The highest BCUT2D eigenvalue weighted by Crippen LogP contribution is 2.23. The van der Waals surface area contributed by atoms with Gasteiger partial charge in [0.15, 0.2) is 0 Å². The fraction of sp³-hybridized carbons (Fsp3) is 0.222. The maximum Gasteiger partial charge on any atom is 0.227 e. The number of rotatable bonds is 9. The summed E-state index contributed by atoms with van der Waals surface area (Å²) in [4.78, 5) is 23.5. The van der Waals surface area contributed by atoms with Gasteiger partial charge in [-0.05, 0) is 54.4 Å². The van der Waals surface area contributed by atoms with Crippen LogP contribution >= 0.6 is 0 Å². The van der Waals surface area contributed by atoms with Gasteiger partial charge in [-0.15, -0.1) is 0 Å². The van der Waals surface area contributed by atoms with E-state index < -0.39 is 0 Å². The standard InChI is InChI=1S/C27H27N3O2/c1-2-3-10-27(31)30(19-21-7-6-17-28-18-21)24-13-15-25(16-14-24)32-20-23-12-11-22-8-4-5-9-26(22)29-23/h4-9,11-18H,2-3,10,19-20H2,1H3. The number of carbonyl (C=O) groups is 1. The molecule has 2 heterocycles. The summed E-state index contributed by atoms with van der Waals surface area (Å²) in [6.45, 7) is 2.98. The maximum atomic E-state index is 12.9. The first-order valence-corrected chi connectivity index (χ1v) is 11.0. The summed E-state index contributed by atoms with van der Waals surface area (Å²) in [6.07, 6.45) is 5.93. The molecular weight excluding hydrogens is 398 g/mol. The minimum atomic E-state index is 0.115. The third-order valence-corrected chi connectivity index (χ3v) is 5.30. The topological polar surface area (TPSA) is 55.3 Å². The molecule has 0 aliphatic rings. The molecule has 2 aromatic heterocycles. The molecule has 0 saturated carbocycles. The molecule has 0 N–H and O–H groups in total. The van der Waals surface area contributed by atoms with Crippen molar-refractivity contribution in [1.29, 1.82) is 0 Å². The molecule has 4 aromatic rings. The molecule has 0 atom stereocenters. The molecular formula is C27H27N3O2. The van der Waals surface area contributed by atoms with Gasteiger partial charge in [0.1, 0.15) is 12.4 Å². The van der Waals surface area contributed by atoms with E-state index in [-0.39, 0.29) is 5.91 Å². The van der Waals surface area contributed by atoms with Crippen LogP contribution in [0.2, 0.25) is 0 Å². The van der Waals surface area contributed by atoms with Crippen molar-refractivity contribution in [3.05, 3.63) is 96.4 Å². The van der Waals surface area contributed by atoms with Gasteiger partial charge in [0.05, 0.1) is 17.8 Å². The van der Waals surface area contributed by atoms with Crippen LogP contribution in [0, 0.1) is 0 Å². The molecule has 0 radical (unpaired) electrons. The van der Waals surface area contributed by atoms with Gasteiger partial charge in [0.25, 0.3) is 0 Å². The molecule has 5 heteroatoms. The molecule has 5 nitrogen and oxygen atoms in total. The summed E-state index contributed by atoms with van der Waals surface area (Å²) in [5.41, 5.74) is 3.69. The highest BCUT2D eigenvalue weighted by Gasteiger charge is 2.16. The van der Waals surface area contributed by atoms with E-state index in [1.54, 1.807) is 12.4 Å². The number of anilines is 1. The molecule has 0 aliphatic carbocycles. The first-order chi connectivity index (χ1) is 15.7. The van der Waals surface area contributed by atoms with Crippen molar-refractivity contribution in [3.63, 3.8) is 0 Å². The van der Waals surface area contributed by atoms with Gasteiger partial charge in [-0.3, -0.25) is 9.78 Å². The molecule has 0 fully saturated rings. The minimum absolute atomic E-state index is 0.115. The number of fused-ring (bicyclic) bond motifs is 1. The smallest absolute Gasteiger partial charge is 0.227 e. The van der Waals surface area contributed by atoms with Crippen LogP contribution in [0.3, 0.4) is 0 Å². The maximum absolute atomic E-state index is 12.9. The minimum Gasteiger partial charge on any atom is -0.487 e. The van der Waals surface area contributed by atoms with E-state index in [1.807, 2.05) is 71.6 Å². The van der Waals surface area contributed by atoms with Gasteiger partial charge in [0, 0.05) is 29.9 Å². The largest absolute Gasteiger partial charge is 0.487 e. The zero-order valence-electron chi connectivity index (χ0n) is 18.3. The second kappa shape index (κ2) is 10.5. The number of hydrogen-bond acceptors (Lipinski definition) is 4. The molecule has 0 spiro atoms. The van der Waals surface area contributed by atoms with Crippen molar-refractivity contribution >= 4 is 22.5 Å². The average molecular weight is 426 g/mol. The van der Waals surface area contributed by atoms with Crippen LogP contribution in [0.15, 0.2) is 85.2 Å². The Morgan fingerprint density at radius 3 is 2.59 bits per heavy atom. The molecule has 0 aliphatic heterocycles. The zero-order chi connectivity index (χ0) is 22.2. The summed E-state index contributed by atoms with van der Waals surface area (Å²) in [5.74, 6) is 0.857. The summed E-state index contributed by atoms with van der Waals surface area (Å²) in [6, 6.07) is 23.6. The van der Waals surface area contributed by atoms with Gasteiger partial charge >= 0.3 is 0 Å². The first kappa shape index (κ1) is 21.5. The Labute approximate surface area is 188 Å². The Bertz CT molecular complexity index is 1160. The lowest BCUT2D eigenvalue weighted by atomic mass is 10.1. The Kier molecular flexibility index (Phi) is 7.08. The summed E-state index contributed by atoms with van der Waals surface area (Å²) in [7, 11) is 0. The van der Waals surface area contributed by atoms with E-state index in [1.165, 1.54) is 0 Å². The van der Waals surface area contributed by atoms with Gasteiger partial charge in [-0.25, -0.2) is 4.98 Å². The number of para-hydroxylation sites is 1. The van der Waals surface area contributed by atoms with Crippen LogP contribution in [0.25, 0.3) is 10.9 Å². The van der Waals surface area contributed by atoms with E-state index in [2.05, 4.69) is 23.0 Å². The van der Waals surface area contributed by atoms with Crippen LogP contribution in [0.1, 0.15) is 37.4 Å². The number of unbranched alkanes of at least 4 members (excludes halogenated alkanes) is 1. The first-order valence-electron chi connectivity index (χ1n) is 11.0. The van der Waals surface area contributed by atoms with Crippen LogP contribution in [0.4, 0.5) is 5.69 Å². The molecule has 2 aromatic carbocycles. The number of pyridine rings is 2. The number of ether oxygens (including phenoxy) is 1. The van der Waals surface area contributed by atoms with Gasteiger partial charge in [-0.2, -0.15) is 0 Å². The predicted molar refractivity (Wildman–Crippen MR) is 127 cm³/mol. The van der Waals surface area contributed by atoms with Crippen molar-refractivity contribution in [3.8, 4) is 5.75 Å². The van der Waals surface area contributed by atoms with Crippen LogP contribution in [0.5, 0.6) is 5.75 Å². The van der Waals surface area contributed by atoms with Crippen molar-refractivity contribution in [2.24, 2.45) is 0 Å². The number of hydrogen-bond donors (Lipinski definition) is 0. The third-order valence-electron chi connectivity index (χ3n) is 5.30. The zero-order valence-corrected chi connectivity index (χ0v) is 18.3. The van der Waals surface area contributed by atoms with Crippen LogP contribution in [-0.4, -0.2) is 15.9 Å². The van der Waals surface area contributed by atoms with Gasteiger partial charge < -0.3 is 9.64 Å². The molecule has 0 saturated heterocycles. The van der Waals surface area contributed by atoms with Gasteiger partial charge in [-0.1, -0.05) is 43.7 Å². The van der Waals surface area contributed by atoms with E-state index in [0.29, 0.717) is 19.6 Å². The molecule has 0 bridgehead atoms. The van der Waals surface area contributed by atoms with Crippen LogP contribution < -0.4 is 9.64 Å². The quantitative estimate of drug-likeness (QED) is 0.333. The third kappa shape index (κ3) is 5.49. The molecule has 162 valence electrons. The van der Waals surface area contributed by atoms with Crippen molar-refractivity contribution in [1.82, 2.24) is 9.97 Å². The normalized spacial score (nSPS) is 10.8. The summed E-state index contributed by atoms with van der Waals surface area (Å²) in [5, 5.41) is 1.11. The number of benzene rings is 2. The number of amides is 1. The van der Waals surface area contributed by atoms with Crippen molar-refractivity contribution in [2.45, 2.75) is 39.3 Å². The molecule has 4 rings (SSSR count). The van der Waals surface area contributed by atoms with Crippen molar-refractivity contribution in [2.75, 3.05) is 4.90 Å². The molecule has 1 amide bonds. The Morgan fingerprint density at radius 2 is 1.81 bits per heavy atom. The lowest BCUT2D eigenvalue weighted by Crippen LogP contribution is -2.30. The SMILES string of the molecule is CCCCC(=O)N(Cc1cccnc1)c1ccc(OCc2ccc3ccccc3n2)cc1. The Morgan fingerprint density at radius 1 is 0.969 bits per heavy atom. The highest BCUT2D eigenvalue weighted by molar-refractivity contribution is 5.93. The summed E-state index contributed by atoms with van der Waals surface area (Å²) >= 11 is 0. The lowest BCUT2D eigenvalue weighted by Gasteiger charge is -2.23. The monoisotopic (exact) mass is 425 g/mol. The number of carbonyl (C=O) groups excluding carboxylic acids is 1. The van der Waals surface area contributed by atoms with E-state index >= 15 is 0 Å². The number of nitrogens with zero attached hydrogens (tertiary/aromatic N) is 3. The lowest BCUT2D eigenvalue weighted by molar-refractivity contribution is -0.118. The van der Waals surface area contributed by atoms with Crippen molar-refractivity contribution < 1.29 is 9.53 Å². The summed E-state index contributed by atoms with van der Waals surface area (Å²) < 4.78 is 5.94. The Hall–Kier alpha value is -3.73. The fourth-order valence-corrected chi connectivity index (χ4v) is 3.53. The molecule has 32 heavy (non-hydrogen) atoms. The van der Waals surface area contributed by atoms with E-state index in [4.69, 9.17) is 4.74 Å². The Balaban J connectivity index is 1.45. The second-order valence-electron chi connectivity index (χ2n) is 7.72. The van der Waals surface area contributed by atoms with E-state index in [9.17, 15) is 4.79 Å². The highest BCUT2D eigenvalue weighted by atomic mass is 16.5. The average Bonchev–Trinajstić information content (AvgIpc) is 2.85. The number of aromatic nitrogens is 2. The fourth-order valence-electron chi connectivity index (χ4n) is 3.53. The van der Waals surface area contributed by atoms with Gasteiger partial charge in [0.2, 0.25) is 5.91 Å². The predicted octanol–water partition coefficient (Wildman–Crippen LogP) is 5.93. The van der Waals surface area contributed by atoms with E-state index in [0.717, 1.165) is 46.4 Å². The van der Waals surface area contributed by atoms with Crippen LogP contribution in [-0.2, 0) is 17.9 Å².